The second kappa shape index (κ2) is 1.79. The smallest absolute Gasteiger partial charge is 0.331 e. The fourth-order valence-corrected chi connectivity index (χ4v) is 0.277. The molecule has 0 amide bonds. The van der Waals surface area contributed by atoms with E-state index in [9.17, 15) is 0 Å². The van der Waals surface area contributed by atoms with Gasteiger partial charge in [0.15, 0.2) is 0 Å². The summed E-state index contributed by atoms with van der Waals surface area (Å²) in [6, 6.07) is 0. The molecule has 0 aliphatic carbocycles. The predicted molar refractivity (Wildman–Crippen MR) is 24.1 cm³/mol. The van der Waals surface area contributed by atoms with E-state index in [-0.39, 0.29) is 0 Å². The lowest BCUT2D eigenvalue weighted by molar-refractivity contribution is 0.420. The van der Waals surface area contributed by atoms with Crippen molar-refractivity contribution >= 4 is 12.9 Å². The molecule has 0 fully saturated rings. The molecule has 1 aromatic heterocycles. The van der Waals surface area contributed by atoms with Crippen molar-refractivity contribution in [3.8, 4) is 0 Å². The third kappa shape index (κ3) is 0.808. The first-order valence-corrected chi connectivity index (χ1v) is 1.80. The van der Waals surface area contributed by atoms with Crippen molar-refractivity contribution in [1.82, 2.24) is 5.16 Å². The highest BCUT2D eigenvalue weighted by atomic mass is 16.5. The van der Waals surface area contributed by atoms with E-state index in [1.165, 1.54) is 12.5 Å². The Balaban J connectivity index is 2.76. The fourth-order valence-electron chi connectivity index (χ4n) is 0.277. The SMILES string of the molecule is O[B]c1cnoc1. The Morgan fingerprint density at radius 3 is 3.00 bits per heavy atom. The molecule has 4 heteroatoms. The van der Waals surface area contributed by atoms with Crippen LogP contribution in [0.25, 0.3) is 0 Å². The topological polar surface area (TPSA) is 46.3 Å². The first-order valence-electron chi connectivity index (χ1n) is 1.80. The van der Waals surface area contributed by atoms with Gasteiger partial charge in [-0.15, -0.1) is 0 Å². The summed E-state index contributed by atoms with van der Waals surface area (Å²) in [6.07, 6.45) is 2.76. The largest absolute Gasteiger partial charge is 0.450 e. The van der Waals surface area contributed by atoms with Gasteiger partial charge in [-0.05, 0) is 0 Å². The van der Waals surface area contributed by atoms with Gasteiger partial charge in [0.05, 0.1) is 6.20 Å². The van der Waals surface area contributed by atoms with Crippen LogP contribution in [0.2, 0.25) is 0 Å². The standard InChI is InChI=1S/C3H3BNO2/c6-4-3-1-5-7-2-3/h1-2,6H. The second-order valence-corrected chi connectivity index (χ2v) is 1.09. The van der Waals surface area contributed by atoms with Crippen molar-refractivity contribution in [2.45, 2.75) is 0 Å². The monoisotopic (exact) mass is 96.0 g/mol. The lowest BCUT2D eigenvalue weighted by Gasteiger charge is -1.70. The van der Waals surface area contributed by atoms with Gasteiger partial charge in [0.1, 0.15) is 6.26 Å². The Morgan fingerprint density at radius 1 is 1.86 bits per heavy atom. The van der Waals surface area contributed by atoms with E-state index in [0.717, 1.165) is 7.48 Å². The zero-order chi connectivity index (χ0) is 5.11. The highest BCUT2D eigenvalue weighted by Gasteiger charge is 1.91. The summed E-state index contributed by atoms with van der Waals surface area (Å²) in [5, 5.41) is 11.5. The molecule has 0 unspecified atom stereocenters. The van der Waals surface area contributed by atoms with E-state index in [0.29, 0.717) is 5.46 Å². The van der Waals surface area contributed by atoms with Crippen molar-refractivity contribution in [2.75, 3.05) is 0 Å². The van der Waals surface area contributed by atoms with Crippen LogP contribution < -0.4 is 5.46 Å². The zero-order valence-electron chi connectivity index (χ0n) is 3.53. The van der Waals surface area contributed by atoms with Gasteiger partial charge in [-0.1, -0.05) is 5.16 Å². The third-order valence-electron chi connectivity index (χ3n) is 0.600. The maximum atomic E-state index is 8.20. The number of aromatic nitrogens is 1. The summed E-state index contributed by atoms with van der Waals surface area (Å²) in [4.78, 5) is 0. The number of rotatable bonds is 1. The molecule has 0 bridgehead atoms. The van der Waals surface area contributed by atoms with Crippen LogP contribution in [0.1, 0.15) is 0 Å². The lowest BCUT2D eigenvalue weighted by atomic mass is 9.93. The summed E-state index contributed by atoms with van der Waals surface area (Å²) >= 11 is 0. The summed E-state index contributed by atoms with van der Waals surface area (Å²) < 4.78 is 4.36. The second-order valence-electron chi connectivity index (χ2n) is 1.09. The van der Waals surface area contributed by atoms with E-state index in [1.807, 2.05) is 0 Å². The van der Waals surface area contributed by atoms with Crippen molar-refractivity contribution in [1.29, 1.82) is 0 Å². The Bertz CT molecular complexity index is 127. The van der Waals surface area contributed by atoms with Gasteiger partial charge in [-0.25, -0.2) is 0 Å². The maximum absolute atomic E-state index is 8.20. The van der Waals surface area contributed by atoms with E-state index in [1.54, 1.807) is 0 Å². The van der Waals surface area contributed by atoms with Crippen LogP contribution in [0, 0.1) is 0 Å². The van der Waals surface area contributed by atoms with Crippen LogP contribution in [-0.4, -0.2) is 17.7 Å². The molecule has 0 saturated heterocycles. The van der Waals surface area contributed by atoms with E-state index in [4.69, 9.17) is 5.02 Å². The number of hydrogen-bond donors (Lipinski definition) is 1. The zero-order valence-corrected chi connectivity index (χ0v) is 3.53. The van der Waals surface area contributed by atoms with Gasteiger partial charge >= 0.3 is 7.48 Å². The lowest BCUT2D eigenvalue weighted by Crippen LogP contribution is -2.08. The van der Waals surface area contributed by atoms with Crippen LogP contribution in [0.15, 0.2) is 17.0 Å². The Kier molecular flexibility index (Phi) is 1.13. The molecule has 1 radical (unpaired) electrons. The molecule has 0 aromatic carbocycles. The van der Waals surface area contributed by atoms with Crippen LogP contribution in [0.4, 0.5) is 0 Å². The summed E-state index contributed by atoms with van der Waals surface area (Å²) in [5.74, 6) is 0. The third-order valence-corrected chi connectivity index (χ3v) is 0.600. The highest BCUT2D eigenvalue weighted by molar-refractivity contribution is 6.45. The van der Waals surface area contributed by atoms with Gasteiger partial charge in [-0.2, -0.15) is 0 Å². The fraction of sp³-hybridized carbons (Fsp3) is 0. The van der Waals surface area contributed by atoms with Crippen LogP contribution in [-0.2, 0) is 0 Å². The van der Waals surface area contributed by atoms with Gasteiger partial charge < -0.3 is 9.55 Å². The molecule has 0 aliphatic rings. The quantitative estimate of drug-likeness (QED) is 0.452. The summed E-state index contributed by atoms with van der Waals surface area (Å²) in [5.41, 5.74) is 0.583. The predicted octanol–water partition coefficient (Wildman–Crippen LogP) is -1.09. The molecule has 3 nitrogen and oxygen atoms in total. The minimum atomic E-state index is 0.583. The van der Waals surface area contributed by atoms with Crippen molar-refractivity contribution in [2.24, 2.45) is 0 Å². The molecule has 1 rings (SSSR count). The Labute approximate surface area is 41.2 Å². The molecule has 1 N–H and O–H groups in total. The molecular formula is C3H3BNO2. The van der Waals surface area contributed by atoms with Crippen LogP contribution in [0.5, 0.6) is 0 Å². The molecule has 1 heterocycles. The molecule has 0 atom stereocenters. The molecule has 0 saturated carbocycles. The van der Waals surface area contributed by atoms with Gasteiger partial charge in [-0.3, -0.25) is 0 Å². The molecule has 7 heavy (non-hydrogen) atoms. The van der Waals surface area contributed by atoms with Crippen molar-refractivity contribution in [3.63, 3.8) is 0 Å². The molecule has 1 aromatic rings. The average Bonchev–Trinajstić information content (AvgIpc) is 2.14. The molecule has 35 valence electrons. The summed E-state index contributed by atoms with van der Waals surface area (Å²) in [6.45, 7) is 0. The van der Waals surface area contributed by atoms with Gasteiger partial charge in [0, 0.05) is 5.46 Å². The Hall–Kier alpha value is -0.765. The normalized spacial score (nSPS) is 8.71. The maximum Gasteiger partial charge on any atom is 0.331 e. The number of nitrogens with zero attached hydrogens (tertiary/aromatic N) is 1. The Morgan fingerprint density at radius 2 is 2.71 bits per heavy atom. The summed E-state index contributed by atoms with van der Waals surface area (Å²) in [7, 11) is 0.927. The first-order chi connectivity index (χ1) is 3.43. The van der Waals surface area contributed by atoms with Crippen LogP contribution in [0.3, 0.4) is 0 Å². The van der Waals surface area contributed by atoms with Crippen molar-refractivity contribution in [3.05, 3.63) is 12.5 Å². The molecule has 0 aliphatic heterocycles. The van der Waals surface area contributed by atoms with E-state index < -0.39 is 0 Å². The minimum Gasteiger partial charge on any atom is -0.450 e. The molecular weight excluding hydrogens is 92.8 g/mol. The molecule has 0 spiro atoms. The van der Waals surface area contributed by atoms with Crippen LogP contribution >= 0.6 is 0 Å². The van der Waals surface area contributed by atoms with E-state index >= 15 is 0 Å². The van der Waals surface area contributed by atoms with Gasteiger partial charge in [0.25, 0.3) is 0 Å². The average molecular weight is 95.9 g/mol. The van der Waals surface area contributed by atoms with Gasteiger partial charge in [0.2, 0.25) is 0 Å². The highest BCUT2D eigenvalue weighted by Crippen LogP contribution is 1.70. The number of hydrogen-bond acceptors (Lipinski definition) is 3. The van der Waals surface area contributed by atoms with Crippen molar-refractivity contribution < 1.29 is 9.55 Å². The first kappa shape index (κ1) is 4.40. The van der Waals surface area contributed by atoms with E-state index in [2.05, 4.69) is 9.68 Å². The minimum absolute atomic E-state index is 0.583.